The molecule has 2 aromatic carbocycles. The monoisotopic (exact) mass is 586 g/mol. The largest absolute Gasteiger partial charge is 1.00 e. The first kappa shape index (κ1) is 31.0. The molecule has 0 amide bonds. The van der Waals surface area contributed by atoms with E-state index in [1.807, 2.05) is 36.4 Å². The number of alkyl halides is 2. The average Bonchev–Trinajstić information content (AvgIpc) is 3.71. The Labute approximate surface area is 266 Å². The van der Waals surface area contributed by atoms with Crippen LogP contribution in [0.25, 0.3) is 11.1 Å². The number of carbonyl (C=O) groups is 1. The normalized spacial score (nSPS) is 21.1. The van der Waals surface area contributed by atoms with Crippen LogP contribution in [-0.4, -0.2) is 34.9 Å². The number of likely N-dealkylation sites (tertiary alicyclic amines) is 1. The number of rotatable bonds is 8. The van der Waals surface area contributed by atoms with Crippen LogP contribution in [0.3, 0.4) is 0 Å². The molecule has 6 rings (SSSR count). The minimum atomic E-state index is -2.73. The van der Waals surface area contributed by atoms with E-state index in [9.17, 15) is 23.1 Å². The Kier molecular flexibility index (Phi) is 9.10. The van der Waals surface area contributed by atoms with Gasteiger partial charge in [-0.1, -0.05) is 37.3 Å². The molecule has 2 fully saturated rings. The Hall–Kier alpha value is -2.39. The summed E-state index contributed by atoms with van der Waals surface area (Å²) in [7, 11) is 0. The molecule has 3 heterocycles. The molecule has 1 unspecified atom stereocenters. The van der Waals surface area contributed by atoms with Crippen LogP contribution in [0.1, 0.15) is 72.6 Å². The van der Waals surface area contributed by atoms with Gasteiger partial charge in [-0.15, -0.1) is 0 Å². The molecule has 9 heteroatoms. The van der Waals surface area contributed by atoms with E-state index in [1.165, 1.54) is 6.20 Å². The number of hydrogen-bond acceptors (Lipinski definition) is 5. The Bertz CT molecular complexity index is 1480. The van der Waals surface area contributed by atoms with E-state index >= 15 is 0 Å². The summed E-state index contributed by atoms with van der Waals surface area (Å²) < 4.78 is 49.5. The number of benzene rings is 2. The third-order valence-electron chi connectivity index (χ3n) is 8.89. The molecule has 3 aromatic rings. The maximum atomic E-state index is 14.9. The molecule has 0 N–H and O–H groups in total. The Balaban J connectivity index is 0.00000353. The van der Waals surface area contributed by atoms with Crippen LogP contribution in [0.2, 0.25) is 0 Å². The van der Waals surface area contributed by atoms with Gasteiger partial charge < -0.3 is 14.6 Å². The van der Waals surface area contributed by atoms with E-state index in [2.05, 4.69) is 4.98 Å². The minimum absolute atomic E-state index is 0. The molecule has 0 radical (unpaired) electrons. The predicted molar refractivity (Wildman–Crippen MR) is 147 cm³/mol. The van der Waals surface area contributed by atoms with Crippen molar-refractivity contribution in [2.45, 2.75) is 70.4 Å². The molecule has 3 atom stereocenters. The molecule has 5 nitrogen and oxygen atoms in total. The van der Waals surface area contributed by atoms with Gasteiger partial charge in [-0.2, -0.15) is 0 Å². The first-order valence-electron chi connectivity index (χ1n) is 14.4. The van der Waals surface area contributed by atoms with Gasteiger partial charge in [0.2, 0.25) is 0 Å². The molecule has 42 heavy (non-hydrogen) atoms. The molecule has 1 aliphatic carbocycles. The molecule has 2 aliphatic heterocycles. The third-order valence-corrected chi connectivity index (χ3v) is 8.89. The van der Waals surface area contributed by atoms with Crippen molar-refractivity contribution in [3.63, 3.8) is 0 Å². The number of nitrogens with zero attached hydrogens (tertiary/aromatic N) is 2. The third kappa shape index (κ3) is 6.57. The Morgan fingerprint density at radius 3 is 2.62 bits per heavy atom. The number of fused-ring (bicyclic) bond motifs is 1. The van der Waals surface area contributed by atoms with Gasteiger partial charge in [-0.25, -0.2) is 13.2 Å². The minimum Gasteiger partial charge on any atom is -0.550 e. The number of carbonyl (C=O) groups excluding carboxylic acids is 1. The second-order valence-corrected chi connectivity index (χ2v) is 12.0. The number of ether oxygens (including phenoxy) is 1. The van der Waals surface area contributed by atoms with E-state index in [-0.39, 0.29) is 67.6 Å². The van der Waals surface area contributed by atoms with Crippen molar-refractivity contribution in [3.8, 4) is 16.9 Å². The fourth-order valence-corrected chi connectivity index (χ4v) is 6.54. The van der Waals surface area contributed by atoms with E-state index in [0.717, 1.165) is 53.7 Å². The second kappa shape index (κ2) is 12.3. The van der Waals surface area contributed by atoms with Gasteiger partial charge in [0.15, 0.2) is 0 Å². The van der Waals surface area contributed by atoms with Crippen LogP contribution in [0.15, 0.2) is 48.7 Å². The molecule has 1 saturated carbocycles. The number of aliphatic carboxylic acids is 1. The molecule has 1 saturated heterocycles. The number of pyridine rings is 1. The first-order chi connectivity index (χ1) is 19.6. The van der Waals surface area contributed by atoms with Gasteiger partial charge in [0.05, 0.1) is 12.7 Å². The Morgan fingerprint density at radius 2 is 1.93 bits per heavy atom. The number of aryl methyl sites for hydroxylation is 2. The molecule has 216 valence electrons. The smallest absolute Gasteiger partial charge is 0.550 e. The summed E-state index contributed by atoms with van der Waals surface area (Å²) >= 11 is 0. The summed E-state index contributed by atoms with van der Waals surface area (Å²) in [4.78, 5) is 17.5. The first-order valence-corrected chi connectivity index (χ1v) is 14.4. The van der Waals surface area contributed by atoms with E-state index < -0.39 is 23.6 Å². The maximum Gasteiger partial charge on any atom is 1.00 e. The molecule has 0 spiro atoms. The van der Waals surface area contributed by atoms with Crippen LogP contribution in [0.4, 0.5) is 13.2 Å². The van der Waals surface area contributed by atoms with E-state index in [4.69, 9.17) is 4.74 Å². The molecule has 3 aliphatic rings. The topological polar surface area (TPSA) is 65.5 Å². The number of carboxylic acids is 1. The molecule has 1 aromatic heterocycles. The average molecular weight is 587 g/mol. The van der Waals surface area contributed by atoms with E-state index in [0.29, 0.717) is 22.7 Å². The number of aromatic nitrogens is 1. The van der Waals surface area contributed by atoms with Crippen molar-refractivity contribution in [1.82, 2.24) is 9.88 Å². The summed E-state index contributed by atoms with van der Waals surface area (Å²) in [6, 6.07) is 13.5. The summed E-state index contributed by atoms with van der Waals surface area (Å²) in [6.45, 7) is 3.74. The fourth-order valence-electron chi connectivity index (χ4n) is 6.54. The zero-order valence-corrected chi connectivity index (χ0v) is 26.3. The zero-order valence-electron chi connectivity index (χ0n) is 24.3. The van der Waals surface area contributed by atoms with Crippen LogP contribution >= 0.6 is 0 Å². The zero-order chi connectivity index (χ0) is 28.9. The van der Waals surface area contributed by atoms with Gasteiger partial charge in [-0.05, 0) is 84.4 Å². The molecular formula is C33H34F3N2NaO3. The summed E-state index contributed by atoms with van der Waals surface area (Å²) in [5.41, 5.74) is 5.43. The second-order valence-electron chi connectivity index (χ2n) is 12.0. The molecular weight excluding hydrogens is 552 g/mol. The molecule has 0 bridgehead atoms. The van der Waals surface area contributed by atoms with Gasteiger partial charge >= 0.3 is 29.6 Å². The van der Waals surface area contributed by atoms with Crippen molar-refractivity contribution in [1.29, 1.82) is 0 Å². The Morgan fingerprint density at radius 1 is 1.14 bits per heavy atom. The van der Waals surface area contributed by atoms with Gasteiger partial charge in [-0.3, -0.25) is 9.88 Å². The maximum absolute atomic E-state index is 14.9. The quantitative estimate of drug-likeness (QED) is 0.380. The predicted octanol–water partition coefficient (Wildman–Crippen LogP) is 2.99. The van der Waals surface area contributed by atoms with Crippen LogP contribution in [0, 0.1) is 24.6 Å². The number of halogens is 3. The summed E-state index contributed by atoms with van der Waals surface area (Å²) in [5, 5.41) is 11.7. The van der Waals surface area contributed by atoms with Gasteiger partial charge in [0.25, 0.3) is 5.92 Å². The van der Waals surface area contributed by atoms with Gasteiger partial charge in [0, 0.05) is 42.7 Å². The number of carboxylic acid groups (broad SMARTS) is 1. The van der Waals surface area contributed by atoms with E-state index in [1.54, 1.807) is 24.8 Å². The van der Waals surface area contributed by atoms with Crippen molar-refractivity contribution in [2.24, 2.45) is 11.8 Å². The van der Waals surface area contributed by atoms with Gasteiger partial charge in [0.1, 0.15) is 17.7 Å². The standard InChI is InChI=1S/C33H35F3N2O3.Na/c1-19-13-27(28(34)16-37-19)26-9-7-23(14-25(26)17-38-12-11-33(35,36)18-38)29-10-8-21-3-6-24(15-30(21)41-29)31(22-4-5-22)20(2)32(39)40;/h3,6-7,9,13-16,20,22,29,31H,4-5,8,10-12,17-18H2,1-2H3,(H,39,40);/q;+1/p-1/t20-,29?,31-;/m0./s1. The van der Waals surface area contributed by atoms with Crippen molar-refractivity contribution < 1.29 is 57.4 Å². The van der Waals surface area contributed by atoms with Crippen molar-refractivity contribution in [3.05, 3.63) is 82.4 Å². The van der Waals surface area contributed by atoms with Crippen molar-refractivity contribution in [2.75, 3.05) is 13.1 Å². The summed E-state index contributed by atoms with van der Waals surface area (Å²) in [5.74, 6) is -3.84. The number of hydrogen-bond donors (Lipinski definition) is 0. The van der Waals surface area contributed by atoms with Crippen molar-refractivity contribution >= 4 is 5.97 Å². The SMILES string of the molecule is Cc1cc(-c2ccc(C3CCc4ccc([C@H](C5CC5)[C@H](C)C(=O)[O-])cc4O3)cc2CN2CCC(F)(F)C2)c(F)cn1.[Na+]. The summed E-state index contributed by atoms with van der Waals surface area (Å²) in [6.07, 6.45) is 4.29. The fraction of sp³-hybridized carbons (Fsp3) is 0.455. The van der Waals surface area contributed by atoms with Crippen LogP contribution < -0.4 is 39.4 Å². The van der Waals surface area contributed by atoms with Crippen LogP contribution in [-0.2, 0) is 17.8 Å². The van der Waals surface area contributed by atoms with Crippen LogP contribution in [0.5, 0.6) is 5.75 Å².